The van der Waals surface area contributed by atoms with Crippen LogP contribution >= 0.6 is 0 Å². The average Bonchev–Trinajstić information content (AvgIpc) is 3.31. The zero-order chi connectivity index (χ0) is 20.0. The summed E-state index contributed by atoms with van der Waals surface area (Å²) in [7, 11) is 0. The zero-order valence-corrected chi connectivity index (χ0v) is 15.7. The maximum absolute atomic E-state index is 13.6. The number of halogens is 2. The van der Waals surface area contributed by atoms with E-state index in [2.05, 4.69) is 28.3 Å². The lowest BCUT2D eigenvalue weighted by Gasteiger charge is -2.41. The molecule has 1 fully saturated rings. The molecule has 29 heavy (non-hydrogen) atoms. The Morgan fingerprint density at radius 3 is 2.69 bits per heavy atom. The quantitative estimate of drug-likeness (QED) is 0.700. The Morgan fingerprint density at radius 1 is 1.10 bits per heavy atom. The van der Waals surface area contributed by atoms with E-state index in [-0.39, 0.29) is 6.03 Å². The van der Waals surface area contributed by atoms with Crippen LogP contribution in [0.25, 0.3) is 10.9 Å². The van der Waals surface area contributed by atoms with E-state index in [0.717, 1.165) is 18.0 Å². The molecule has 5 nitrogen and oxygen atoms in total. The number of fused-ring (bicyclic) bond motifs is 1. The average molecular weight is 394 g/mol. The molecule has 1 unspecified atom stereocenters. The van der Waals surface area contributed by atoms with E-state index in [1.54, 1.807) is 11.1 Å². The Balaban J connectivity index is 1.23. The van der Waals surface area contributed by atoms with Gasteiger partial charge in [0.15, 0.2) is 0 Å². The third-order valence-electron chi connectivity index (χ3n) is 5.67. The molecule has 0 bridgehead atoms. The predicted molar refractivity (Wildman–Crippen MR) is 107 cm³/mol. The number of hydrazone groups is 1. The van der Waals surface area contributed by atoms with Gasteiger partial charge >= 0.3 is 6.03 Å². The van der Waals surface area contributed by atoms with Gasteiger partial charge in [-0.15, -0.1) is 0 Å². The van der Waals surface area contributed by atoms with Gasteiger partial charge in [0, 0.05) is 43.5 Å². The number of amides is 2. The minimum absolute atomic E-state index is 0.218. The number of H-pyrrole nitrogens is 1. The number of likely N-dealkylation sites (tertiary alicyclic amines) is 1. The zero-order valence-electron chi connectivity index (χ0n) is 15.7. The van der Waals surface area contributed by atoms with Gasteiger partial charge in [-0.25, -0.2) is 18.6 Å². The molecule has 1 atom stereocenters. The van der Waals surface area contributed by atoms with Crippen molar-refractivity contribution in [2.24, 2.45) is 11.0 Å². The largest absolute Gasteiger partial charge is 0.361 e. The summed E-state index contributed by atoms with van der Waals surface area (Å²) in [6.07, 6.45) is 4.90. The molecule has 5 rings (SSSR count). The number of aromatic amines is 1. The van der Waals surface area contributed by atoms with E-state index in [0.29, 0.717) is 31.0 Å². The third-order valence-corrected chi connectivity index (χ3v) is 5.67. The number of hydrogen-bond acceptors (Lipinski definition) is 2. The number of urea groups is 1. The predicted octanol–water partition coefficient (Wildman–Crippen LogP) is 4.47. The molecule has 2 aromatic carbocycles. The summed E-state index contributed by atoms with van der Waals surface area (Å²) in [5.74, 6) is -0.910. The molecule has 2 aliphatic heterocycles. The van der Waals surface area contributed by atoms with Gasteiger partial charge in [0.25, 0.3) is 0 Å². The first-order valence-corrected chi connectivity index (χ1v) is 9.69. The van der Waals surface area contributed by atoms with Gasteiger partial charge in [0.1, 0.15) is 11.6 Å². The van der Waals surface area contributed by atoms with E-state index >= 15 is 0 Å². The van der Waals surface area contributed by atoms with Crippen molar-refractivity contribution in [1.82, 2.24) is 14.9 Å². The van der Waals surface area contributed by atoms with Crippen LogP contribution < -0.4 is 0 Å². The van der Waals surface area contributed by atoms with Gasteiger partial charge in [-0.1, -0.05) is 12.1 Å². The van der Waals surface area contributed by atoms with Crippen LogP contribution in [-0.4, -0.2) is 40.2 Å². The van der Waals surface area contributed by atoms with Gasteiger partial charge in [-0.3, -0.25) is 0 Å². The molecular formula is C22H20F2N4O. The molecule has 3 heterocycles. The Hall–Kier alpha value is -3.22. The minimum Gasteiger partial charge on any atom is -0.361 e. The molecule has 3 aromatic rings. The fourth-order valence-electron chi connectivity index (χ4n) is 4.20. The summed E-state index contributed by atoms with van der Waals surface area (Å²) >= 11 is 0. The first-order valence-electron chi connectivity index (χ1n) is 9.69. The van der Waals surface area contributed by atoms with E-state index in [9.17, 15) is 13.6 Å². The van der Waals surface area contributed by atoms with Crippen molar-refractivity contribution in [1.29, 1.82) is 0 Å². The SMILES string of the molecule is O=C(N1CC(Cc2ccc3cc[nH]c3c2)C1)N1N=CCC1c1cc(F)cc(F)c1. The second-order valence-corrected chi connectivity index (χ2v) is 7.75. The number of hydrogen-bond donors (Lipinski definition) is 1. The second-order valence-electron chi connectivity index (χ2n) is 7.75. The summed E-state index contributed by atoms with van der Waals surface area (Å²) in [5.41, 5.74) is 2.78. The normalized spacial score (nSPS) is 19.2. The summed E-state index contributed by atoms with van der Waals surface area (Å²) in [4.78, 5) is 17.8. The summed E-state index contributed by atoms with van der Waals surface area (Å²) in [6.45, 7) is 1.30. The lowest BCUT2D eigenvalue weighted by Crippen LogP contribution is -2.54. The van der Waals surface area contributed by atoms with E-state index in [4.69, 9.17) is 0 Å². The standard InChI is InChI=1S/C22H20F2N4O/c23-18-9-17(10-19(24)11-18)21-4-6-26-28(21)22(29)27-12-15(13-27)7-14-1-2-16-3-5-25-20(16)8-14/h1-3,5-6,8-11,15,21,25H,4,7,12-13H2. The van der Waals surface area contributed by atoms with Crippen LogP contribution in [-0.2, 0) is 6.42 Å². The van der Waals surface area contributed by atoms with Gasteiger partial charge in [0.05, 0.1) is 6.04 Å². The number of rotatable bonds is 3. The van der Waals surface area contributed by atoms with Crippen LogP contribution in [0.1, 0.15) is 23.6 Å². The molecule has 2 aliphatic rings. The van der Waals surface area contributed by atoms with Crippen molar-refractivity contribution in [3.05, 3.63) is 71.4 Å². The van der Waals surface area contributed by atoms with Gasteiger partial charge in [-0.05, 0) is 53.1 Å². The molecular weight excluding hydrogens is 374 g/mol. The Labute approximate surface area is 166 Å². The van der Waals surface area contributed by atoms with Crippen molar-refractivity contribution in [2.75, 3.05) is 13.1 Å². The van der Waals surface area contributed by atoms with Crippen LogP contribution in [0.15, 0.2) is 53.8 Å². The van der Waals surface area contributed by atoms with Gasteiger partial charge in [0.2, 0.25) is 0 Å². The highest BCUT2D eigenvalue weighted by molar-refractivity contribution is 5.80. The fourth-order valence-corrected chi connectivity index (χ4v) is 4.20. The highest BCUT2D eigenvalue weighted by Crippen LogP contribution is 2.32. The van der Waals surface area contributed by atoms with E-state index in [1.807, 2.05) is 12.3 Å². The molecule has 1 aromatic heterocycles. The second kappa shape index (κ2) is 6.99. The van der Waals surface area contributed by atoms with Crippen molar-refractivity contribution >= 4 is 23.1 Å². The minimum atomic E-state index is -0.651. The first kappa shape index (κ1) is 17.8. The number of nitrogens with one attached hydrogen (secondary N) is 1. The van der Waals surface area contributed by atoms with Crippen LogP contribution in [0, 0.1) is 17.6 Å². The molecule has 1 saturated heterocycles. The maximum Gasteiger partial charge on any atom is 0.341 e. The number of benzene rings is 2. The van der Waals surface area contributed by atoms with E-state index in [1.165, 1.54) is 28.1 Å². The summed E-state index contributed by atoms with van der Waals surface area (Å²) < 4.78 is 27.2. The summed E-state index contributed by atoms with van der Waals surface area (Å²) in [5, 5.41) is 6.69. The fraction of sp³-hybridized carbons (Fsp3) is 0.273. The van der Waals surface area contributed by atoms with Crippen LogP contribution in [0.3, 0.4) is 0 Å². The highest BCUT2D eigenvalue weighted by atomic mass is 19.1. The maximum atomic E-state index is 13.6. The molecule has 0 aliphatic carbocycles. The van der Waals surface area contributed by atoms with Gasteiger partial charge in [-0.2, -0.15) is 5.10 Å². The Bertz CT molecular complexity index is 1080. The smallest absolute Gasteiger partial charge is 0.341 e. The van der Waals surface area contributed by atoms with E-state index < -0.39 is 17.7 Å². The third kappa shape index (κ3) is 3.37. The van der Waals surface area contributed by atoms with Crippen molar-refractivity contribution in [3.8, 4) is 0 Å². The molecule has 0 saturated carbocycles. The van der Waals surface area contributed by atoms with Crippen molar-refractivity contribution in [2.45, 2.75) is 18.9 Å². The number of aromatic nitrogens is 1. The van der Waals surface area contributed by atoms with Gasteiger partial charge < -0.3 is 9.88 Å². The lowest BCUT2D eigenvalue weighted by molar-refractivity contribution is 0.0834. The molecule has 0 radical (unpaired) electrons. The Morgan fingerprint density at radius 2 is 1.90 bits per heavy atom. The van der Waals surface area contributed by atoms with Crippen LogP contribution in [0.4, 0.5) is 13.6 Å². The molecule has 0 spiro atoms. The number of nitrogens with zero attached hydrogens (tertiary/aromatic N) is 3. The molecule has 2 amide bonds. The van der Waals surface area contributed by atoms with Crippen molar-refractivity contribution < 1.29 is 13.6 Å². The lowest BCUT2D eigenvalue weighted by atomic mass is 9.92. The Kier molecular flexibility index (Phi) is 4.30. The highest BCUT2D eigenvalue weighted by Gasteiger charge is 2.37. The first-order chi connectivity index (χ1) is 14.1. The molecule has 7 heteroatoms. The monoisotopic (exact) mass is 394 g/mol. The van der Waals surface area contributed by atoms with Crippen LogP contribution in [0.2, 0.25) is 0 Å². The summed E-state index contributed by atoms with van der Waals surface area (Å²) in [6, 6.07) is 11.1. The number of carbonyl (C=O) groups excluding carboxylic acids is 1. The van der Waals surface area contributed by atoms with Crippen LogP contribution in [0.5, 0.6) is 0 Å². The number of carbonyl (C=O) groups is 1. The van der Waals surface area contributed by atoms with Crippen molar-refractivity contribution in [3.63, 3.8) is 0 Å². The molecule has 148 valence electrons. The molecule has 1 N–H and O–H groups in total. The topological polar surface area (TPSA) is 51.7 Å².